The highest BCUT2D eigenvalue weighted by atomic mass is 32.1. The molecule has 0 fully saturated rings. The van der Waals surface area contributed by atoms with E-state index in [9.17, 15) is 0 Å². The molecule has 0 atom stereocenters. The minimum Gasteiger partial charge on any atom is -0.494 e. The van der Waals surface area contributed by atoms with Gasteiger partial charge in [0.15, 0.2) is 0 Å². The lowest BCUT2D eigenvalue weighted by molar-refractivity contribution is 0.340. The van der Waals surface area contributed by atoms with E-state index in [4.69, 9.17) is 4.74 Å². The second-order valence-corrected chi connectivity index (χ2v) is 6.07. The molecule has 114 valence electrons. The van der Waals surface area contributed by atoms with Crippen molar-refractivity contribution in [2.24, 2.45) is 0 Å². The van der Waals surface area contributed by atoms with Crippen LogP contribution in [0, 0.1) is 6.92 Å². The summed E-state index contributed by atoms with van der Waals surface area (Å²) in [5, 5.41) is 6.95. The van der Waals surface area contributed by atoms with Crippen molar-refractivity contribution in [1.82, 2.24) is 4.98 Å². The Morgan fingerprint density at radius 2 is 2.00 bits per heavy atom. The van der Waals surface area contributed by atoms with E-state index in [-0.39, 0.29) is 0 Å². The van der Waals surface area contributed by atoms with Gasteiger partial charge in [0.05, 0.1) is 6.61 Å². The van der Waals surface area contributed by atoms with Crippen LogP contribution in [0.1, 0.15) is 18.1 Å². The van der Waals surface area contributed by atoms with Gasteiger partial charge in [0.2, 0.25) is 0 Å². The maximum absolute atomic E-state index is 5.47. The van der Waals surface area contributed by atoms with Crippen molar-refractivity contribution in [3.8, 4) is 5.75 Å². The molecule has 22 heavy (non-hydrogen) atoms. The molecule has 0 unspecified atom stereocenters. The van der Waals surface area contributed by atoms with Crippen molar-refractivity contribution in [3.63, 3.8) is 0 Å². The van der Waals surface area contributed by atoms with Gasteiger partial charge in [-0.2, -0.15) is 0 Å². The van der Waals surface area contributed by atoms with Crippen LogP contribution in [0.15, 0.2) is 41.9 Å². The van der Waals surface area contributed by atoms with Gasteiger partial charge in [0.25, 0.3) is 0 Å². The number of aromatic nitrogens is 1. The predicted molar refractivity (Wildman–Crippen MR) is 94.2 cm³/mol. The lowest BCUT2D eigenvalue weighted by Crippen LogP contribution is -2.05. The van der Waals surface area contributed by atoms with E-state index >= 15 is 0 Å². The zero-order valence-electron chi connectivity index (χ0n) is 12.9. The minimum absolute atomic E-state index is 0.707. The number of anilines is 1. The zero-order chi connectivity index (χ0) is 15.4. The van der Waals surface area contributed by atoms with Crippen molar-refractivity contribution in [3.05, 3.63) is 53.0 Å². The van der Waals surface area contributed by atoms with Crippen LogP contribution in [0.5, 0.6) is 5.75 Å². The topological polar surface area (TPSA) is 34.1 Å². The third-order valence-corrected chi connectivity index (χ3v) is 4.63. The lowest BCUT2D eigenvalue weighted by Gasteiger charge is -2.09. The standard InChI is InChI=1S/C18H20N2OS/c1-3-21-15-6-4-14(5-7-15)8-10-19-16-9-11-20-18-17(16)13(2)12-22-18/h4-7,9,11-12H,3,8,10H2,1-2H3,(H,19,20). The van der Waals surface area contributed by atoms with Crippen molar-refractivity contribution < 1.29 is 4.74 Å². The van der Waals surface area contributed by atoms with Crippen molar-refractivity contribution in [1.29, 1.82) is 0 Å². The lowest BCUT2D eigenvalue weighted by atomic mass is 10.1. The molecule has 0 saturated carbocycles. The van der Waals surface area contributed by atoms with E-state index in [1.54, 1.807) is 11.3 Å². The summed E-state index contributed by atoms with van der Waals surface area (Å²) < 4.78 is 5.47. The maximum atomic E-state index is 5.47. The SMILES string of the molecule is CCOc1ccc(CCNc2ccnc3scc(C)c23)cc1. The van der Waals surface area contributed by atoms with Crippen LogP contribution in [0.3, 0.4) is 0 Å². The first kappa shape index (κ1) is 14.9. The number of aryl methyl sites for hydroxylation is 1. The molecule has 2 aromatic heterocycles. The molecule has 0 aliphatic rings. The van der Waals surface area contributed by atoms with Gasteiger partial charge in [-0.05, 0) is 55.0 Å². The fourth-order valence-electron chi connectivity index (χ4n) is 2.52. The van der Waals surface area contributed by atoms with E-state index in [1.807, 2.05) is 25.3 Å². The van der Waals surface area contributed by atoms with Gasteiger partial charge in [-0.25, -0.2) is 4.98 Å². The smallest absolute Gasteiger partial charge is 0.125 e. The van der Waals surface area contributed by atoms with Gasteiger partial charge in [-0.15, -0.1) is 11.3 Å². The summed E-state index contributed by atoms with van der Waals surface area (Å²) in [4.78, 5) is 5.52. The van der Waals surface area contributed by atoms with Crippen LogP contribution in [-0.4, -0.2) is 18.1 Å². The average molecular weight is 312 g/mol. The highest BCUT2D eigenvalue weighted by Gasteiger charge is 2.06. The van der Waals surface area contributed by atoms with Crippen LogP contribution < -0.4 is 10.1 Å². The molecule has 0 spiro atoms. The molecule has 4 heteroatoms. The van der Waals surface area contributed by atoms with Crippen molar-refractivity contribution in [2.45, 2.75) is 20.3 Å². The van der Waals surface area contributed by atoms with Crippen LogP contribution in [0.2, 0.25) is 0 Å². The number of fused-ring (bicyclic) bond motifs is 1. The molecule has 1 aromatic carbocycles. The highest BCUT2D eigenvalue weighted by Crippen LogP contribution is 2.29. The number of thiophene rings is 1. The predicted octanol–water partition coefficient (Wildman–Crippen LogP) is 4.66. The summed E-state index contributed by atoms with van der Waals surface area (Å²) in [5.41, 5.74) is 3.77. The van der Waals surface area contributed by atoms with Crippen molar-refractivity contribution >= 4 is 27.2 Å². The zero-order valence-corrected chi connectivity index (χ0v) is 13.7. The van der Waals surface area contributed by atoms with Crippen LogP contribution in [0.4, 0.5) is 5.69 Å². The van der Waals surface area contributed by atoms with Gasteiger partial charge >= 0.3 is 0 Å². The molecule has 0 bridgehead atoms. The van der Waals surface area contributed by atoms with E-state index in [0.717, 1.165) is 23.5 Å². The van der Waals surface area contributed by atoms with E-state index in [2.05, 4.69) is 40.8 Å². The van der Waals surface area contributed by atoms with Crippen LogP contribution in [-0.2, 0) is 6.42 Å². The number of rotatable bonds is 6. The molecule has 0 aliphatic heterocycles. The maximum Gasteiger partial charge on any atom is 0.125 e. The second kappa shape index (κ2) is 6.79. The molecule has 3 nitrogen and oxygen atoms in total. The summed E-state index contributed by atoms with van der Waals surface area (Å²) in [7, 11) is 0. The first-order valence-electron chi connectivity index (χ1n) is 7.56. The fourth-order valence-corrected chi connectivity index (χ4v) is 3.44. The number of nitrogens with zero attached hydrogens (tertiary/aromatic N) is 1. The van der Waals surface area contributed by atoms with Gasteiger partial charge < -0.3 is 10.1 Å². The van der Waals surface area contributed by atoms with Gasteiger partial charge in [-0.3, -0.25) is 0 Å². The van der Waals surface area contributed by atoms with E-state index in [0.29, 0.717) is 6.61 Å². The minimum atomic E-state index is 0.707. The molecule has 3 aromatic rings. The Hall–Kier alpha value is -2.07. The molecule has 0 radical (unpaired) electrons. The quantitative estimate of drug-likeness (QED) is 0.719. The molecular formula is C18H20N2OS. The number of hydrogen-bond donors (Lipinski definition) is 1. The average Bonchev–Trinajstić information content (AvgIpc) is 2.92. The van der Waals surface area contributed by atoms with E-state index < -0.39 is 0 Å². The number of ether oxygens (including phenoxy) is 1. The number of pyridine rings is 1. The first-order valence-corrected chi connectivity index (χ1v) is 8.44. The van der Waals surface area contributed by atoms with Gasteiger partial charge in [0, 0.05) is 23.8 Å². The Morgan fingerprint density at radius 1 is 1.18 bits per heavy atom. The van der Waals surface area contributed by atoms with E-state index in [1.165, 1.54) is 22.2 Å². The normalized spacial score (nSPS) is 10.8. The largest absolute Gasteiger partial charge is 0.494 e. The second-order valence-electron chi connectivity index (χ2n) is 5.21. The summed E-state index contributed by atoms with van der Waals surface area (Å²) in [6.45, 7) is 5.75. The Morgan fingerprint density at radius 3 is 2.77 bits per heavy atom. The molecule has 3 rings (SSSR count). The summed E-state index contributed by atoms with van der Waals surface area (Å²) >= 11 is 1.70. The molecule has 0 aliphatic carbocycles. The Labute approximate surface area is 135 Å². The molecule has 2 heterocycles. The molecule has 1 N–H and O–H groups in total. The van der Waals surface area contributed by atoms with Crippen LogP contribution in [0.25, 0.3) is 10.2 Å². The summed E-state index contributed by atoms with van der Waals surface area (Å²) in [6, 6.07) is 10.4. The molecule has 0 amide bonds. The number of benzene rings is 1. The van der Waals surface area contributed by atoms with Crippen molar-refractivity contribution in [2.75, 3.05) is 18.5 Å². The monoisotopic (exact) mass is 312 g/mol. The first-order chi connectivity index (χ1) is 10.8. The Kier molecular flexibility index (Phi) is 4.59. The van der Waals surface area contributed by atoms with Gasteiger partial charge in [0.1, 0.15) is 10.6 Å². The number of hydrogen-bond acceptors (Lipinski definition) is 4. The third-order valence-electron chi connectivity index (χ3n) is 3.62. The Balaban J connectivity index is 1.63. The number of nitrogens with one attached hydrogen (secondary N) is 1. The molecular weight excluding hydrogens is 292 g/mol. The fraction of sp³-hybridized carbons (Fsp3) is 0.278. The van der Waals surface area contributed by atoms with Crippen LogP contribution >= 0.6 is 11.3 Å². The summed E-state index contributed by atoms with van der Waals surface area (Å²) in [6.07, 6.45) is 2.86. The van der Waals surface area contributed by atoms with Gasteiger partial charge in [-0.1, -0.05) is 12.1 Å². The highest BCUT2D eigenvalue weighted by molar-refractivity contribution is 7.17. The Bertz CT molecular complexity index is 749. The summed E-state index contributed by atoms with van der Waals surface area (Å²) in [5.74, 6) is 0.934. The third kappa shape index (κ3) is 3.22. The molecule has 0 saturated heterocycles.